The summed E-state index contributed by atoms with van der Waals surface area (Å²) in [6.45, 7) is 6.24. The summed E-state index contributed by atoms with van der Waals surface area (Å²) < 4.78 is 39.8. The van der Waals surface area contributed by atoms with Crippen LogP contribution in [0.5, 0.6) is 0 Å². The number of nitrogens with two attached hydrogens (primary N) is 1. The number of rotatable bonds is 7. The van der Waals surface area contributed by atoms with Gasteiger partial charge in [0, 0.05) is 11.5 Å². The lowest BCUT2D eigenvalue weighted by atomic mass is 9.95. The van der Waals surface area contributed by atoms with Crippen molar-refractivity contribution in [2.75, 3.05) is 11.9 Å². The summed E-state index contributed by atoms with van der Waals surface area (Å²) >= 11 is 0. The number of halogens is 3. The molecule has 0 fully saturated rings. The number of hydrogen-bond donors (Lipinski definition) is 2. The fraction of sp³-hybridized carbons (Fsp3) is 0.350. The number of anilines is 1. The van der Waals surface area contributed by atoms with Crippen LogP contribution >= 0.6 is 0 Å². The van der Waals surface area contributed by atoms with Gasteiger partial charge in [-0.1, -0.05) is 45.0 Å². The summed E-state index contributed by atoms with van der Waals surface area (Å²) in [6, 6.07) is 10.1. The Morgan fingerprint density at radius 2 is 1.69 bits per heavy atom. The quantitative estimate of drug-likeness (QED) is 0.724. The number of nitrogens with one attached hydrogen (secondary N) is 1. The molecule has 140 valence electrons. The maximum Gasteiger partial charge on any atom is 0.279 e. The second-order valence-corrected chi connectivity index (χ2v) is 6.58. The zero-order valence-corrected chi connectivity index (χ0v) is 15.2. The summed E-state index contributed by atoms with van der Waals surface area (Å²) in [5.41, 5.74) is 1.97. The molecule has 3 N–H and O–H groups in total. The SMILES string of the molecule is CCc1ccc([C@@H]([NH2+]CC(=O)Nc2ccc(F)c(F)c2F)C(C)C)cc1. The summed E-state index contributed by atoms with van der Waals surface area (Å²) in [7, 11) is 0. The Morgan fingerprint density at radius 1 is 1.04 bits per heavy atom. The average molecular weight is 365 g/mol. The number of carbonyl (C=O) groups excluding carboxylic acids is 1. The van der Waals surface area contributed by atoms with Crippen molar-refractivity contribution in [1.29, 1.82) is 0 Å². The van der Waals surface area contributed by atoms with Crippen LogP contribution in [0.2, 0.25) is 0 Å². The summed E-state index contributed by atoms with van der Waals surface area (Å²) in [6.07, 6.45) is 0.957. The number of hydrogen-bond acceptors (Lipinski definition) is 1. The Labute approximate surface area is 151 Å². The van der Waals surface area contributed by atoms with Crippen LogP contribution in [-0.2, 0) is 11.2 Å². The second kappa shape index (κ2) is 8.85. The van der Waals surface area contributed by atoms with Crippen molar-refractivity contribution in [3.8, 4) is 0 Å². The lowest BCUT2D eigenvalue weighted by Gasteiger charge is -2.20. The van der Waals surface area contributed by atoms with Gasteiger partial charge in [-0.15, -0.1) is 0 Å². The highest BCUT2D eigenvalue weighted by Crippen LogP contribution is 2.20. The topological polar surface area (TPSA) is 45.7 Å². The van der Waals surface area contributed by atoms with E-state index >= 15 is 0 Å². The molecule has 26 heavy (non-hydrogen) atoms. The van der Waals surface area contributed by atoms with Gasteiger partial charge in [-0.05, 0) is 24.1 Å². The highest BCUT2D eigenvalue weighted by Gasteiger charge is 2.21. The molecule has 0 bridgehead atoms. The number of quaternary nitrogens is 1. The predicted octanol–water partition coefficient (Wildman–Crippen LogP) is 3.57. The Bertz CT molecular complexity index is 760. The van der Waals surface area contributed by atoms with Crippen molar-refractivity contribution in [3.05, 3.63) is 65.0 Å². The average Bonchev–Trinajstić information content (AvgIpc) is 2.62. The molecule has 0 aliphatic heterocycles. The Kier molecular flexibility index (Phi) is 6.80. The minimum Gasteiger partial charge on any atom is -0.332 e. The molecule has 0 aliphatic carbocycles. The molecule has 1 amide bonds. The molecule has 0 saturated heterocycles. The van der Waals surface area contributed by atoms with E-state index in [2.05, 4.69) is 38.2 Å². The second-order valence-electron chi connectivity index (χ2n) is 6.58. The van der Waals surface area contributed by atoms with Crippen molar-refractivity contribution in [1.82, 2.24) is 0 Å². The van der Waals surface area contributed by atoms with Gasteiger partial charge in [-0.25, -0.2) is 13.2 Å². The van der Waals surface area contributed by atoms with Gasteiger partial charge in [0.1, 0.15) is 6.04 Å². The Balaban J connectivity index is 2.02. The van der Waals surface area contributed by atoms with Gasteiger partial charge < -0.3 is 10.6 Å². The lowest BCUT2D eigenvalue weighted by molar-refractivity contribution is -0.692. The predicted molar refractivity (Wildman–Crippen MR) is 95.1 cm³/mol. The van der Waals surface area contributed by atoms with E-state index in [4.69, 9.17) is 0 Å². The van der Waals surface area contributed by atoms with Crippen molar-refractivity contribution in [2.45, 2.75) is 33.2 Å². The Morgan fingerprint density at radius 3 is 2.27 bits per heavy atom. The first-order valence-electron chi connectivity index (χ1n) is 8.69. The van der Waals surface area contributed by atoms with Crippen LogP contribution < -0.4 is 10.6 Å². The largest absolute Gasteiger partial charge is 0.332 e. The molecule has 0 heterocycles. The van der Waals surface area contributed by atoms with Crippen LogP contribution in [-0.4, -0.2) is 12.5 Å². The molecule has 0 saturated carbocycles. The third-order valence-electron chi connectivity index (χ3n) is 4.36. The lowest BCUT2D eigenvalue weighted by Crippen LogP contribution is -2.88. The maximum atomic E-state index is 13.6. The van der Waals surface area contributed by atoms with Crippen LogP contribution in [0, 0.1) is 23.4 Å². The van der Waals surface area contributed by atoms with E-state index in [0.717, 1.165) is 24.1 Å². The van der Waals surface area contributed by atoms with Crippen LogP contribution in [0.4, 0.5) is 18.9 Å². The monoisotopic (exact) mass is 365 g/mol. The smallest absolute Gasteiger partial charge is 0.279 e. The third-order valence-corrected chi connectivity index (χ3v) is 4.36. The first-order valence-corrected chi connectivity index (χ1v) is 8.69. The standard InChI is InChI=1S/C20H23F3N2O/c1-4-13-5-7-14(8-6-13)20(12(2)3)24-11-17(26)25-16-10-9-15(21)18(22)19(16)23/h5-10,12,20,24H,4,11H2,1-3H3,(H,25,26)/p+1/t20-/m0/s1. The normalized spacial score (nSPS) is 12.3. The fourth-order valence-electron chi connectivity index (χ4n) is 2.83. The third kappa shape index (κ3) is 4.85. The molecule has 0 spiro atoms. The van der Waals surface area contributed by atoms with Gasteiger partial charge in [-0.2, -0.15) is 0 Å². The van der Waals surface area contributed by atoms with E-state index in [9.17, 15) is 18.0 Å². The van der Waals surface area contributed by atoms with Crippen molar-refractivity contribution >= 4 is 11.6 Å². The van der Waals surface area contributed by atoms with Gasteiger partial charge in [0.2, 0.25) is 0 Å². The van der Waals surface area contributed by atoms with Crippen LogP contribution in [0.3, 0.4) is 0 Å². The van der Waals surface area contributed by atoms with E-state index in [1.54, 1.807) is 0 Å². The molecule has 0 aliphatic rings. The van der Waals surface area contributed by atoms with Crippen molar-refractivity contribution in [2.24, 2.45) is 5.92 Å². The molecular formula is C20H24F3N2O+. The molecule has 2 aromatic rings. The van der Waals surface area contributed by atoms with Crippen LogP contribution in [0.1, 0.15) is 37.9 Å². The number of carbonyl (C=O) groups is 1. The van der Waals surface area contributed by atoms with Gasteiger partial charge in [-0.3, -0.25) is 4.79 Å². The molecule has 0 radical (unpaired) electrons. The van der Waals surface area contributed by atoms with Crippen molar-refractivity contribution in [3.63, 3.8) is 0 Å². The molecule has 2 rings (SSSR count). The van der Waals surface area contributed by atoms with E-state index < -0.39 is 23.4 Å². The highest BCUT2D eigenvalue weighted by atomic mass is 19.2. The fourth-order valence-corrected chi connectivity index (χ4v) is 2.83. The van der Waals surface area contributed by atoms with E-state index in [1.165, 1.54) is 5.56 Å². The molecule has 2 aromatic carbocycles. The van der Waals surface area contributed by atoms with Gasteiger partial charge in [0.15, 0.2) is 24.0 Å². The van der Waals surface area contributed by atoms with E-state index in [1.807, 2.05) is 17.4 Å². The van der Waals surface area contributed by atoms with Crippen LogP contribution in [0.15, 0.2) is 36.4 Å². The number of benzene rings is 2. The zero-order valence-electron chi connectivity index (χ0n) is 15.2. The molecule has 1 atom stereocenters. The summed E-state index contributed by atoms with van der Waals surface area (Å²) in [5, 5.41) is 4.15. The Hall–Kier alpha value is -2.34. The van der Waals surface area contributed by atoms with E-state index in [0.29, 0.717) is 0 Å². The van der Waals surface area contributed by atoms with Gasteiger partial charge >= 0.3 is 0 Å². The van der Waals surface area contributed by atoms with Crippen molar-refractivity contribution < 1.29 is 23.3 Å². The number of aryl methyl sites for hydroxylation is 1. The van der Waals surface area contributed by atoms with Gasteiger partial charge in [0.25, 0.3) is 5.91 Å². The summed E-state index contributed by atoms with van der Waals surface area (Å²) in [4.78, 5) is 12.1. The van der Waals surface area contributed by atoms with Crippen LogP contribution in [0.25, 0.3) is 0 Å². The minimum atomic E-state index is -1.59. The number of amides is 1. The molecule has 0 unspecified atom stereocenters. The molecule has 6 heteroatoms. The molecule has 3 nitrogen and oxygen atoms in total. The molecular weight excluding hydrogens is 341 g/mol. The molecule has 0 aromatic heterocycles. The summed E-state index contributed by atoms with van der Waals surface area (Å²) in [5.74, 6) is -4.49. The maximum absolute atomic E-state index is 13.6. The zero-order chi connectivity index (χ0) is 19.3. The van der Waals surface area contributed by atoms with Gasteiger partial charge in [0.05, 0.1) is 5.69 Å². The van der Waals surface area contributed by atoms with E-state index in [-0.39, 0.29) is 24.2 Å². The first kappa shape index (κ1) is 20.0. The first-order chi connectivity index (χ1) is 12.3. The highest BCUT2D eigenvalue weighted by molar-refractivity contribution is 5.91. The minimum absolute atomic E-state index is 0.0385.